The Balaban J connectivity index is 2.16. The van der Waals surface area contributed by atoms with Gasteiger partial charge in [-0.3, -0.25) is 5.32 Å². The van der Waals surface area contributed by atoms with E-state index in [9.17, 15) is 4.79 Å². The average molecular weight is 337 g/mol. The first-order chi connectivity index (χ1) is 9.63. The number of para-hydroxylation sites is 1. The van der Waals surface area contributed by atoms with E-state index in [0.717, 1.165) is 28.2 Å². The SMILES string of the molecule is CCC(CC)OC(=O)Nc1nc2ccccc2cc1Br. The third-order valence-electron chi connectivity index (χ3n) is 3.08. The fraction of sp³-hybridized carbons (Fsp3) is 0.333. The van der Waals surface area contributed by atoms with Crippen LogP contribution < -0.4 is 5.32 Å². The van der Waals surface area contributed by atoms with E-state index in [-0.39, 0.29) is 6.10 Å². The molecule has 2 rings (SSSR count). The minimum Gasteiger partial charge on any atom is -0.446 e. The van der Waals surface area contributed by atoms with Gasteiger partial charge >= 0.3 is 6.09 Å². The minimum atomic E-state index is -0.470. The molecule has 0 spiro atoms. The summed E-state index contributed by atoms with van der Waals surface area (Å²) in [5.41, 5.74) is 0.827. The highest BCUT2D eigenvalue weighted by atomic mass is 79.9. The highest BCUT2D eigenvalue weighted by Gasteiger charge is 2.13. The predicted molar refractivity (Wildman–Crippen MR) is 83.9 cm³/mol. The lowest BCUT2D eigenvalue weighted by Crippen LogP contribution is -2.22. The third kappa shape index (κ3) is 3.48. The molecule has 0 fully saturated rings. The molecule has 1 aromatic carbocycles. The van der Waals surface area contributed by atoms with E-state index >= 15 is 0 Å². The normalized spacial score (nSPS) is 10.8. The molecular weight excluding hydrogens is 320 g/mol. The number of hydrogen-bond donors (Lipinski definition) is 1. The molecule has 0 aliphatic heterocycles. The van der Waals surface area contributed by atoms with E-state index in [0.29, 0.717) is 5.82 Å². The van der Waals surface area contributed by atoms with Crippen LogP contribution >= 0.6 is 15.9 Å². The van der Waals surface area contributed by atoms with Crippen molar-refractivity contribution in [2.45, 2.75) is 32.8 Å². The molecule has 0 saturated heterocycles. The van der Waals surface area contributed by atoms with Gasteiger partial charge in [-0.05, 0) is 40.9 Å². The van der Waals surface area contributed by atoms with Crippen LogP contribution in [0, 0.1) is 0 Å². The zero-order valence-electron chi connectivity index (χ0n) is 11.5. The monoisotopic (exact) mass is 336 g/mol. The first-order valence-electron chi connectivity index (χ1n) is 6.67. The topological polar surface area (TPSA) is 51.2 Å². The number of hydrogen-bond acceptors (Lipinski definition) is 3. The highest BCUT2D eigenvalue weighted by molar-refractivity contribution is 9.10. The van der Waals surface area contributed by atoms with Crippen LogP contribution in [0.3, 0.4) is 0 Å². The van der Waals surface area contributed by atoms with Crippen LogP contribution in [-0.2, 0) is 4.74 Å². The van der Waals surface area contributed by atoms with Crippen molar-refractivity contribution in [3.8, 4) is 0 Å². The van der Waals surface area contributed by atoms with Crippen molar-refractivity contribution >= 4 is 38.7 Å². The van der Waals surface area contributed by atoms with Crippen molar-refractivity contribution in [1.82, 2.24) is 4.98 Å². The molecule has 5 heteroatoms. The summed E-state index contributed by atoms with van der Waals surface area (Å²) < 4.78 is 6.04. The molecular formula is C15H17BrN2O2. The van der Waals surface area contributed by atoms with Gasteiger partial charge in [-0.1, -0.05) is 32.0 Å². The molecule has 106 valence electrons. The third-order valence-corrected chi connectivity index (χ3v) is 3.69. The number of amides is 1. The van der Waals surface area contributed by atoms with Crippen molar-refractivity contribution in [3.63, 3.8) is 0 Å². The molecule has 0 atom stereocenters. The number of ether oxygens (including phenoxy) is 1. The van der Waals surface area contributed by atoms with Crippen molar-refractivity contribution in [3.05, 3.63) is 34.8 Å². The van der Waals surface area contributed by atoms with Crippen LogP contribution in [0.15, 0.2) is 34.8 Å². The number of pyridine rings is 1. The summed E-state index contributed by atoms with van der Waals surface area (Å²) in [6.07, 6.45) is 1.07. The standard InChI is InChI=1S/C15H17BrN2O2/c1-3-11(4-2)20-15(19)18-14-12(16)9-10-7-5-6-8-13(10)17-14/h5-9,11H,3-4H2,1-2H3,(H,17,18,19). The highest BCUT2D eigenvalue weighted by Crippen LogP contribution is 2.25. The van der Waals surface area contributed by atoms with Crippen LogP contribution in [0.4, 0.5) is 10.6 Å². The Morgan fingerprint density at radius 2 is 2.05 bits per heavy atom. The summed E-state index contributed by atoms with van der Waals surface area (Å²) >= 11 is 3.41. The average Bonchev–Trinajstić information content (AvgIpc) is 2.45. The van der Waals surface area contributed by atoms with Crippen LogP contribution in [0.1, 0.15) is 26.7 Å². The molecule has 1 heterocycles. The van der Waals surface area contributed by atoms with Gasteiger partial charge in [-0.2, -0.15) is 0 Å². The number of carbonyl (C=O) groups is 1. The van der Waals surface area contributed by atoms with Gasteiger partial charge < -0.3 is 4.74 Å². The Morgan fingerprint density at radius 3 is 2.75 bits per heavy atom. The summed E-state index contributed by atoms with van der Waals surface area (Å²) in [6.45, 7) is 3.98. The van der Waals surface area contributed by atoms with E-state index in [1.807, 2.05) is 44.2 Å². The van der Waals surface area contributed by atoms with Gasteiger partial charge in [0.15, 0.2) is 0 Å². The number of carbonyl (C=O) groups excluding carboxylic acids is 1. The van der Waals surface area contributed by atoms with Gasteiger partial charge in [0.25, 0.3) is 0 Å². The molecule has 2 aromatic rings. The number of nitrogens with zero attached hydrogens (tertiary/aromatic N) is 1. The van der Waals surface area contributed by atoms with Gasteiger partial charge in [0.05, 0.1) is 9.99 Å². The zero-order valence-corrected chi connectivity index (χ0v) is 13.1. The van der Waals surface area contributed by atoms with Crippen molar-refractivity contribution < 1.29 is 9.53 Å². The number of halogens is 1. The molecule has 0 aliphatic rings. The Kier molecular flexibility index (Phi) is 4.95. The predicted octanol–water partition coefficient (Wildman–Crippen LogP) is 4.73. The minimum absolute atomic E-state index is 0.0609. The second-order valence-electron chi connectivity index (χ2n) is 4.48. The first-order valence-corrected chi connectivity index (χ1v) is 7.46. The van der Waals surface area contributed by atoms with Crippen LogP contribution in [0.25, 0.3) is 10.9 Å². The molecule has 0 saturated carbocycles. The number of aromatic nitrogens is 1. The Morgan fingerprint density at radius 1 is 1.35 bits per heavy atom. The van der Waals surface area contributed by atoms with Crippen molar-refractivity contribution in [1.29, 1.82) is 0 Å². The van der Waals surface area contributed by atoms with Crippen LogP contribution in [-0.4, -0.2) is 17.2 Å². The summed E-state index contributed by atoms with van der Waals surface area (Å²) in [7, 11) is 0. The van der Waals surface area contributed by atoms with Gasteiger partial charge in [0.2, 0.25) is 0 Å². The number of fused-ring (bicyclic) bond motifs is 1. The van der Waals surface area contributed by atoms with E-state index in [1.165, 1.54) is 0 Å². The number of benzene rings is 1. The number of rotatable bonds is 4. The van der Waals surface area contributed by atoms with Gasteiger partial charge in [-0.15, -0.1) is 0 Å². The maximum absolute atomic E-state index is 11.8. The van der Waals surface area contributed by atoms with E-state index in [1.54, 1.807) is 0 Å². The smallest absolute Gasteiger partial charge is 0.413 e. The maximum Gasteiger partial charge on any atom is 0.413 e. The molecule has 1 N–H and O–H groups in total. The second-order valence-corrected chi connectivity index (χ2v) is 5.33. The lowest BCUT2D eigenvalue weighted by Gasteiger charge is -2.15. The molecule has 4 nitrogen and oxygen atoms in total. The first kappa shape index (κ1) is 14.8. The molecule has 0 bridgehead atoms. The summed E-state index contributed by atoms with van der Waals surface area (Å²) in [5, 5.41) is 3.69. The molecule has 20 heavy (non-hydrogen) atoms. The molecule has 0 unspecified atom stereocenters. The zero-order chi connectivity index (χ0) is 14.5. The fourth-order valence-electron chi connectivity index (χ4n) is 1.91. The van der Waals surface area contributed by atoms with Gasteiger partial charge in [-0.25, -0.2) is 9.78 Å². The molecule has 1 aromatic heterocycles. The van der Waals surface area contributed by atoms with Crippen LogP contribution in [0.2, 0.25) is 0 Å². The molecule has 0 aliphatic carbocycles. The van der Waals surface area contributed by atoms with Crippen molar-refractivity contribution in [2.24, 2.45) is 0 Å². The van der Waals surface area contributed by atoms with Crippen LogP contribution in [0.5, 0.6) is 0 Å². The Labute approximate surface area is 126 Å². The molecule has 1 amide bonds. The maximum atomic E-state index is 11.8. The number of nitrogens with one attached hydrogen (secondary N) is 1. The summed E-state index contributed by atoms with van der Waals surface area (Å²) in [6, 6.07) is 9.66. The fourth-order valence-corrected chi connectivity index (χ4v) is 2.35. The Hall–Kier alpha value is -1.62. The lowest BCUT2D eigenvalue weighted by atomic mass is 10.2. The van der Waals surface area contributed by atoms with E-state index in [2.05, 4.69) is 26.2 Å². The van der Waals surface area contributed by atoms with E-state index in [4.69, 9.17) is 4.74 Å². The summed E-state index contributed by atoms with van der Waals surface area (Å²) in [5.74, 6) is 0.472. The second kappa shape index (κ2) is 6.70. The van der Waals surface area contributed by atoms with E-state index < -0.39 is 6.09 Å². The quantitative estimate of drug-likeness (QED) is 0.877. The van der Waals surface area contributed by atoms with Gasteiger partial charge in [0.1, 0.15) is 11.9 Å². The lowest BCUT2D eigenvalue weighted by molar-refractivity contribution is 0.106. The number of anilines is 1. The summed E-state index contributed by atoms with van der Waals surface area (Å²) in [4.78, 5) is 16.2. The molecule has 0 radical (unpaired) electrons. The Bertz CT molecular complexity index is 612. The van der Waals surface area contributed by atoms with Crippen molar-refractivity contribution in [2.75, 3.05) is 5.32 Å². The largest absolute Gasteiger partial charge is 0.446 e. The van der Waals surface area contributed by atoms with Gasteiger partial charge in [0, 0.05) is 5.39 Å².